The van der Waals surface area contributed by atoms with Gasteiger partial charge in [-0.25, -0.2) is 8.42 Å². The number of aryl methyl sites for hydroxylation is 1. The van der Waals surface area contributed by atoms with Gasteiger partial charge in [0.25, 0.3) is 0 Å². The Morgan fingerprint density at radius 2 is 1.97 bits per heavy atom. The molecule has 34 heavy (non-hydrogen) atoms. The van der Waals surface area contributed by atoms with Crippen molar-refractivity contribution in [3.05, 3.63) is 59.3 Å². The summed E-state index contributed by atoms with van der Waals surface area (Å²) >= 11 is 0. The normalized spacial score (nSPS) is 12.6. The number of furan rings is 1. The van der Waals surface area contributed by atoms with Gasteiger partial charge in [0.15, 0.2) is 0 Å². The summed E-state index contributed by atoms with van der Waals surface area (Å²) in [4.78, 5) is 12.9. The number of hydrogen-bond donors (Lipinski definition) is 1. The zero-order valence-corrected chi connectivity index (χ0v) is 21.0. The van der Waals surface area contributed by atoms with Crippen LogP contribution in [0.1, 0.15) is 35.7 Å². The molecule has 1 aromatic carbocycles. The van der Waals surface area contributed by atoms with E-state index < -0.39 is 10.0 Å². The Kier molecular flexibility index (Phi) is 7.68. The molecule has 0 saturated heterocycles. The van der Waals surface area contributed by atoms with Gasteiger partial charge in [0.05, 0.1) is 44.5 Å². The monoisotopic (exact) mass is 490 g/mol. The number of rotatable bonds is 10. The summed E-state index contributed by atoms with van der Waals surface area (Å²) in [5.74, 6) is 1.46. The minimum absolute atomic E-state index is 0.0804. The summed E-state index contributed by atoms with van der Waals surface area (Å²) < 4.78 is 44.9. The maximum absolute atomic E-state index is 13.2. The molecule has 0 saturated carbocycles. The predicted molar refractivity (Wildman–Crippen MR) is 125 cm³/mol. The van der Waals surface area contributed by atoms with Crippen LogP contribution in [-0.2, 0) is 27.9 Å². The van der Waals surface area contributed by atoms with E-state index in [1.165, 1.54) is 22.3 Å². The molecule has 11 heteroatoms. The fourth-order valence-corrected chi connectivity index (χ4v) is 5.25. The molecular formula is C23H30N4O6S. The van der Waals surface area contributed by atoms with Crippen LogP contribution in [0.4, 0.5) is 0 Å². The smallest absolute Gasteiger partial charge is 0.246 e. The summed E-state index contributed by atoms with van der Waals surface area (Å²) in [5.41, 5.74) is 1.45. The molecule has 184 valence electrons. The van der Waals surface area contributed by atoms with E-state index in [1.54, 1.807) is 58.4 Å². The van der Waals surface area contributed by atoms with Crippen LogP contribution in [0.3, 0.4) is 0 Å². The number of carbonyl (C=O) groups excluding carboxylic acids is 1. The number of sulfonamides is 1. The molecule has 0 fully saturated rings. The van der Waals surface area contributed by atoms with Gasteiger partial charge in [-0.3, -0.25) is 9.48 Å². The molecule has 0 radical (unpaired) electrons. The molecule has 0 bridgehead atoms. The van der Waals surface area contributed by atoms with Crippen LogP contribution in [0.5, 0.6) is 11.5 Å². The van der Waals surface area contributed by atoms with E-state index in [1.807, 2.05) is 6.92 Å². The molecule has 10 nitrogen and oxygen atoms in total. The highest BCUT2D eigenvalue weighted by Crippen LogP contribution is 2.29. The van der Waals surface area contributed by atoms with E-state index in [2.05, 4.69) is 10.4 Å². The first kappa shape index (κ1) is 25.3. The predicted octanol–water partition coefficient (Wildman–Crippen LogP) is 2.81. The van der Waals surface area contributed by atoms with Gasteiger partial charge in [0.2, 0.25) is 15.9 Å². The van der Waals surface area contributed by atoms with Crippen molar-refractivity contribution in [2.75, 3.05) is 21.3 Å². The molecule has 0 aliphatic carbocycles. The van der Waals surface area contributed by atoms with Gasteiger partial charge in [-0.2, -0.15) is 9.40 Å². The second-order valence-electron chi connectivity index (χ2n) is 7.90. The maximum Gasteiger partial charge on any atom is 0.246 e. The lowest BCUT2D eigenvalue weighted by Gasteiger charge is -2.18. The summed E-state index contributed by atoms with van der Waals surface area (Å²) in [6, 6.07) is 8.37. The number of carbonyl (C=O) groups is 1. The Labute approximate surface area is 199 Å². The topological polar surface area (TPSA) is 116 Å². The highest BCUT2D eigenvalue weighted by atomic mass is 32.2. The van der Waals surface area contributed by atoms with E-state index in [0.29, 0.717) is 28.6 Å². The zero-order chi connectivity index (χ0) is 25.0. The molecule has 1 amide bonds. The highest BCUT2D eigenvalue weighted by Gasteiger charge is 2.30. The van der Waals surface area contributed by atoms with E-state index in [9.17, 15) is 13.2 Å². The van der Waals surface area contributed by atoms with Crippen LogP contribution >= 0.6 is 0 Å². The lowest BCUT2D eigenvalue weighted by atomic mass is 10.1. The molecule has 0 spiro atoms. The SMILES string of the molecule is COc1ccc(OC)c(C(C)NC(=O)Cn2nc(C)c(S(=O)(=O)N(C)Cc3ccco3)c2C)c1. The third-order valence-corrected chi connectivity index (χ3v) is 7.57. The molecule has 1 N–H and O–H groups in total. The van der Waals surface area contributed by atoms with Crippen molar-refractivity contribution in [3.8, 4) is 11.5 Å². The van der Waals surface area contributed by atoms with Crippen molar-refractivity contribution in [2.24, 2.45) is 0 Å². The molecule has 1 atom stereocenters. The summed E-state index contributed by atoms with van der Waals surface area (Å²) in [6.07, 6.45) is 1.49. The molecule has 0 aliphatic rings. The lowest BCUT2D eigenvalue weighted by Crippen LogP contribution is -2.31. The third kappa shape index (κ3) is 5.26. The summed E-state index contributed by atoms with van der Waals surface area (Å²) in [7, 11) is 0.751. The van der Waals surface area contributed by atoms with Crippen molar-refractivity contribution in [1.29, 1.82) is 0 Å². The maximum atomic E-state index is 13.2. The van der Waals surface area contributed by atoms with Gasteiger partial charge in [0.1, 0.15) is 28.7 Å². The van der Waals surface area contributed by atoms with Gasteiger partial charge in [0, 0.05) is 12.6 Å². The van der Waals surface area contributed by atoms with Crippen molar-refractivity contribution in [1.82, 2.24) is 19.4 Å². The number of nitrogens with one attached hydrogen (secondary N) is 1. The first-order chi connectivity index (χ1) is 16.1. The Balaban J connectivity index is 1.77. The van der Waals surface area contributed by atoms with Gasteiger partial charge in [-0.15, -0.1) is 0 Å². The Bertz CT molecular complexity index is 1250. The minimum atomic E-state index is -3.85. The van der Waals surface area contributed by atoms with E-state index in [0.717, 1.165) is 5.56 Å². The molecule has 3 aromatic rings. The first-order valence-corrected chi connectivity index (χ1v) is 12.1. The fourth-order valence-electron chi connectivity index (χ4n) is 3.75. The Hall–Kier alpha value is -3.31. The molecule has 2 heterocycles. The van der Waals surface area contributed by atoms with Crippen LogP contribution in [0.25, 0.3) is 0 Å². The average molecular weight is 491 g/mol. The summed E-state index contributed by atoms with van der Waals surface area (Å²) in [5, 5.41) is 7.23. The van der Waals surface area contributed by atoms with Gasteiger partial charge >= 0.3 is 0 Å². The average Bonchev–Trinajstić information content (AvgIpc) is 3.40. The number of ether oxygens (including phenoxy) is 2. The van der Waals surface area contributed by atoms with E-state index >= 15 is 0 Å². The molecule has 0 aliphatic heterocycles. The Morgan fingerprint density at radius 3 is 2.59 bits per heavy atom. The van der Waals surface area contributed by atoms with Crippen molar-refractivity contribution in [2.45, 2.75) is 44.8 Å². The highest BCUT2D eigenvalue weighted by molar-refractivity contribution is 7.89. The van der Waals surface area contributed by atoms with Crippen molar-refractivity contribution >= 4 is 15.9 Å². The van der Waals surface area contributed by atoms with Crippen LogP contribution < -0.4 is 14.8 Å². The molecular weight excluding hydrogens is 460 g/mol. The summed E-state index contributed by atoms with van der Waals surface area (Å²) in [6.45, 7) is 5.02. The number of methoxy groups -OCH3 is 2. The molecule has 1 unspecified atom stereocenters. The van der Waals surface area contributed by atoms with Gasteiger partial charge in [-0.1, -0.05) is 0 Å². The van der Waals surface area contributed by atoms with Crippen molar-refractivity contribution < 1.29 is 27.1 Å². The minimum Gasteiger partial charge on any atom is -0.497 e. The third-order valence-electron chi connectivity index (χ3n) is 5.52. The number of nitrogens with zero attached hydrogens (tertiary/aromatic N) is 3. The van der Waals surface area contributed by atoms with Crippen LogP contribution in [0.2, 0.25) is 0 Å². The van der Waals surface area contributed by atoms with Gasteiger partial charge < -0.3 is 19.2 Å². The zero-order valence-electron chi connectivity index (χ0n) is 20.2. The second kappa shape index (κ2) is 10.3. The van der Waals surface area contributed by atoms with E-state index in [4.69, 9.17) is 13.9 Å². The standard InChI is InChI=1S/C23H30N4O6S/c1-15(20-12-18(31-5)9-10-21(20)32-6)24-22(28)14-27-17(3)23(16(2)25-27)34(29,30)26(4)13-19-8-7-11-33-19/h7-12,15H,13-14H2,1-6H3,(H,24,28). The van der Waals surface area contributed by atoms with Crippen LogP contribution in [-0.4, -0.2) is 49.7 Å². The quantitative estimate of drug-likeness (QED) is 0.465. The first-order valence-electron chi connectivity index (χ1n) is 10.6. The lowest BCUT2D eigenvalue weighted by molar-refractivity contribution is -0.122. The van der Waals surface area contributed by atoms with Crippen molar-refractivity contribution in [3.63, 3.8) is 0 Å². The van der Waals surface area contributed by atoms with Crippen LogP contribution in [0, 0.1) is 13.8 Å². The largest absolute Gasteiger partial charge is 0.497 e. The fraction of sp³-hybridized carbons (Fsp3) is 0.391. The van der Waals surface area contributed by atoms with Gasteiger partial charge in [-0.05, 0) is 51.1 Å². The Morgan fingerprint density at radius 1 is 1.24 bits per heavy atom. The second-order valence-corrected chi connectivity index (χ2v) is 9.88. The number of aromatic nitrogens is 2. The van der Waals surface area contributed by atoms with Crippen LogP contribution in [0.15, 0.2) is 45.9 Å². The molecule has 3 rings (SSSR count). The van der Waals surface area contributed by atoms with E-state index in [-0.39, 0.29) is 29.9 Å². The number of hydrogen-bond acceptors (Lipinski definition) is 7. The number of benzene rings is 1. The number of amides is 1. The molecule has 2 aromatic heterocycles.